The van der Waals surface area contributed by atoms with Gasteiger partial charge in [0.15, 0.2) is 0 Å². The lowest BCUT2D eigenvalue weighted by Crippen LogP contribution is -1.99. The van der Waals surface area contributed by atoms with Gasteiger partial charge in [0, 0.05) is 6.61 Å². The highest BCUT2D eigenvalue weighted by molar-refractivity contribution is 4.43. The lowest BCUT2D eigenvalue weighted by atomic mass is 10.2. The maximum atomic E-state index is 8.67. The summed E-state index contributed by atoms with van der Waals surface area (Å²) in [5.74, 6) is 0. The first-order valence-electron chi connectivity index (χ1n) is 5.51. The van der Waals surface area contributed by atoms with Crippen molar-refractivity contribution in [3.05, 3.63) is 0 Å². The lowest BCUT2D eigenvalue weighted by Gasteiger charge is -1.98. The molecule has 0 amide bonds. The summed E-state index contributed by atoms with van der Waals surface area (Å²) in [6.07, 6.45) is 6.39. The van der Waals surface area contributed by atoms with Crippen molar-refractivity contribution in [1.82, 2.24) is 0 Å². The van der Waals surface area contributed by atoms with E-state index in [1.165, 1.54) is 19.3 Å². The third-order valence-corrected chi connectivity index (χ3v) is 1.95. The van der Waals surface area contributed by atoms with Crippen molar-refractivity contribution >= 4 is 0 Å². The third-order valence-electron chi connectivity index (χ3n) is 1.95. The Labute approximate surface area is 83.0 Å². The molecule has 13 heavy (non-hydrogen) atoms. The van der Waals surface area contributed by atoms with E-state index in [0.29, 0.717) is 6.61 Å². The van der Waals surface area contributed by atoms with E-state index < -0.39 is 0 Å². The third kappa shape index (κ3) is 18.7. The molecule has 2 N–H and O–H groups in total. The Morgan fingerprint density at radius 2 is 1.46 bits per heavy atom. The molecule has 0 atom stereocenters. The van der Waals surface area contributed by atoms with Crippen LogP contribution in [0.3, 0.4) is 0 Å². The second-order valence-corrected chi connectivity index (χ2v) is 3.25. The van der Waals surface area contributed by atoms with Gasteiger partial charge in [0.1, 0.15) is 0 Å². The summed E-state index contributed by atoms with van der Waals surface area (Å²) in [5, 5.41) is 17.0. The van der Waals surface area contributed by atoms with E-state index in [-0.39, 0.29) is 6.10 Å². The van der Waals surface area contributed by atoms with Crippen LogP contribution in [0, 0.1) is 0 Å². The number of rotatable bonds is 6. The molecule has 0 aromatic rings. The molecule has 2 heteroatoms. The van der Waals surface area contributed by atoms with E-state index in [9.17, 15) is 0 Å². The molecule has 0 aliphatic rings. The fourth-order valence-corrected chi connectivity index (χ4v) is 0.827. The number of unbranched alkanes of at least 4 members (excludes halogenated alkanes) is 3. The summed E-state index contributed by atoms with van der Waals surface area (Å²) >= 11 is 0. The number of hydrogen-bond acceptors (Lipinski definition) is 2. The van der Waals surface area contributed by atoms with Crippen molar-refractivity contribution in [3.63, 3.8) is 0 Å². The van der Waals surface area contributed by atoms with Crippen molar-refractivity contribution < 1.29 is 10.2 Å². The van der Waals surface area contributed by atoms with Crippen LogP contribution in [-0.2, 0) is 0 Å². The van der Waals surface area contributed by atoms with Gasteiger partial charge in [0.25, 0.3) is 0 Å². The SMILES string of the molecule is CCC(O)CC.CCCCCCO. The molecule has 0 aliphatic carbocycles. The quantitative estimate of drug-likeness (QED) is 0.632. The van der Waals surface area contributed by atoms with Crippen molar-refractivity contribution in [3.8, 4) is 0 Å². The zero-order valence-electron chi connectivity index (χ0n) is 9.42. The summed E-state index contributed by atoms with van der Waals surface area (Å²) in [7, 11) is 0. The zero-order chi connectivity index (χ0) is 10.5. The average molecular weight is 190 g/mol. The molecule has 0 fully saturated rings. The Kier molecular flexibility index (Phi) is 17.1. The van der Waals surface area contributed by atoms with Gasteiger partial charge in [-0.3, -0.25) is 0 Å². The molecular formula is C11H26O2. The molecule has 0 radical (unpaired) electrons. The molecule has 0 aromatic carbocycles. The topological polar surface area (TPSA) is 40.5 Å². The van der Waals surface area contributed by atoms with Gasteiger partial charge in [-0.2, -0.15) is 0 Å². The normalized spacial score (nSPS) is 9.69. The predicted molar refractivity (Wildman–Crippen MR) is 57.8 cm³/mol. The van der Waals surface area contributed by atoms with Crippen molar-refractivity contribution in [1.29, 1.82) is 0 Å². The molecule has 0 saturated carbocycles. The first kappa shape index (κ1) is 15.4. The number of hydrogen-bond donors (Lipinski definition) is 2. The van der Waals surface area contributed by atoms with Gasteiger partial charge in [-0.15, -0.1) is 0 Å². The van der Waals surface area contributed by atoms with Gasteiger partial charge in [-0.05, 0) is 19.3 Å². The largest absolute Gasteiger partial charge is 0.396 e. The van der Waals surface area contributed by atoms with E-state index in [2.05, 4.69) is 6.92 Å². The Morgan fingerprint density at radius 1 is 0.923 bits per heavy atom. The molecule has 0 spiro atoms. The van der Waals surface area contributed by atoms with Crippen LogP contribution in [0.2, 0.25) is 0 Å². The van der Waals surface area contributed by atoms with Gasteiger partial charge < -0.3 is 10.2 Å². The second kappa shape index (κ2) is 14.4. The minimum Gasteiger partial charge on any atom is -0.396 e. The fraction of sp³-hybridized carbons (Fsp3) is 1.00. The highest BCUT2D eigenvalue weighted by Gasteiger charge is 1.90. The van der Waals surface area contributed by atoms with Crippen LogP contribution in [0.25, 0.3) is 0 Å². The maximum absolute atomic E-state index is 8.67. The molecular weight excluding hydrogens is 164 g/mol. The van der Waals surface area contributed by atoms with Crippen molar-refractivity contribution in [2.45, 2.75) is 65.4 Å². The van der Waals surface area contributed by atoms with Crippen LogP contribution in [0.4, 0.5) is 0 Å². The van der Waals surface area contributed by atoms with Gasteiger partial charge >= 0.3 is 0 Å². The lowest BCUT2D eigenvalue weighted by molar-refractivity contribution is 0.166. The smallest absolute Gasteiger partial charge is 0.0535 e. The maximum Gasteiger partial charge on any atom is 0.0535 e. The summed E-state index contributed by atoms with van der Waals surface area (Å²) in [6.45, 7) is 6.49. The van der Waals surface area contributed by atoms with E-state index in [0.717, 1.165) is 19.3 Å². The van der Waals surface area contributed by atoms with Gasteiger partial charge in [-0.1, -0.05) is 40.0 Å². The number of aliphatic hydroxyl groups excluding tert-OH is 2. The first-order valence-corrected chi connectivity index (χ1v) is 5.51. The summed E-state index contributed by atoms with van der Waals surface area (Å²) in [4.78, 5) is 0. The van der Waals surface area contributed by atoms with E-state index >= 15 is 0 Å². The minimum absolute atomic E-state index is 0.0648. The first-order chi connectivity index (χ1) is 6.22. The molecule has 0 aromatic heterocycles. The van der Waals surface area contributed by atoms with Gasteiger partial charge in [0.2, 0.25) is 0 Å². The van der Waals surface area contributed by atoms with E-state index in [4.69, 9.17) is 10.2 Å². The highest BCUT2D eigenvalue weighted by Crippen LogP contribution is 1.96. The molecule has 2 nitrogen and oxygen atoms in total. The Bertz CT molecular complexity index is 66.5. The molecule has 0 saturated heterocycles. The second-order valence-electron chi connectivity index (χ2n) is 3.25. The Balaban J connectivity index is 0. The van der Waals surface area contributed by atoms with Crippen LogP contribution >= 0.6 is 0 Å². The molecule has 0 heterocycles. The fourth-order valence-electron chi connectivity index (χ4n) is 0.827. The molecule has 0 aliphatic heterocycles. The van der Waals surface area contributed by atoms with Crippen molar-refractivity contribution in [2.75, 3.05) is 6.61 Å². The predicted octanol–water partition coefficient (Wildman–Crippen LogP) is 2.73. The van der Waals surface area contributed by atoms with Crippen LogP contribution < -0.4 is 0 Å². The van der Waals surface area contributed by atoms with Gasteiger partial charge in [0.05, 0.1) is 6.10 Å². The summed E-state index contributed by atoms with van der Waals surface area (Å²) in [5.41, 5.74) is 0. The average Bonchev–Trinajstić information content (AvgIpc) is 2.18. The van der Waals surface area contributed by atoms with Crippen LogP contribution in [0.1, 0.15) is 59.3 Å². The molecule has 0 unspecified atom stereocenters. The van der Waals surface area contributed by atoms with E-state index in [1.54, 1.807) is 0 Å². The monoisotopic (exact) mass is 190 g/mol. The minimum atomic E-state index is -0.0648. The molecule has 0 bridgehead atoms. The highest BCUT2D eigenvalue weighted by atomic mass is 16.3. The zero-order valence-corrected chi connectivity index (χ0v) is 9.42. The van der Waals surface area contributed by atoms with Crippen LogP contribution in [0.5, 0.6) is 0 Å². The summed E-state index contributed by atoms with van der Waals surface area (Å²) in [6, 6.07) is 0. The number of aliphatic hydroxyl groups is 2. The Morgan fingerprint density at radius 3 is 1.69 bits per heavy atom. The van der Waals surface area contributed by atoms with Crippen molar-refractivity contribution in [2.24, 2.45) is 0 Å². The van der Waals surface area contributed by atoms with Gasteiger partial charge in [-0.25, -0.2) is 0 Å². The molecule has 0 rings (SSSR count). The van der Waals surface area contributed by atoms with Crippen LogP contribution in [-0.4, -0.2) is 22.9 Å². The van der Waals surface area contributed by atoms with E-state index in [1.807, 2.05) is 13.8 Å². The Hall–Kier alpha value is -0.0800. The van der Waals surface area contributed by atoms with Crippen LogP contribution in [0.15, 0.2) is 0 Å². The molecule has 82 valence electrons. The summed E-state index contributed by atoms with van der Waals surface area (Å²) < 4.78 is 0. The standard InChI is InChI=1S/C6H14O.C5H12O/c1-2-3-4-5-6-7;1-3-5(6)4-2/h7H,2-6H2,1H3;5-6H,3-4H2,1-2H3.